The van der Waals surface area contributed by atoms with Gasteiger partial charge in [0.25, 0.3) is 0 Å². The molecule has 0 spiro atoms. The van der Waals surface area contributed by atoms with Crippen molar-refractivity contribution in [2.75, 3.05) is 12.9 Å². The van der Waals surface area contributed by atoms with Gasteiger partial charge in [0.15, 0.2) is 0 Å². The smallest absolute Gasteiger partial charge is 0.227 e. The van der Waals surface area contributed by atoms with Crippen LogP contribution in [0.3, 0.4) is 0 Å². The zero-order valence-electron chi connectivity index (χ0n) is 9.07. The van der Waals surface area contributed by atoms with E-state index in [4.69, 9.17) is 11.6 Å². The minimum atomic E-state index is -0.447. The molecule has 1 unspecified atom stereocenters. The van der Waals surface area contributed by atoms with E-state index in [1.165, 1.54) is 0 Å². The number of hydrogen-bond acceptors (Lipinski definition) is 2. The number of Topliss-reactive ketones (excluding diaryl/α,β-unsaturated/α-hetero) is 1. The van der Waals surface area contributed by atoms with Crippen LogP contribution >= 0.6 is 11.6 Å². The largest absolute Gasteiger partial charge is 0.359 e. The summed E-state index contributed by atoms with van der Waals surface area (Å²) in [4.78, 5) is 23.0. The Morgan fingerprint density at radius 1 is 1.31 bits per heavy atom. The number of hydrogen-bond donors (Lipinski definition) is 1. The maximum Gasteiger partial charge on any atom is 0.227 e. The van der Waals surface area contributed by atoms with Gasteiger partial charge in [-0.15, -0.1) is 11.6 Å². The monoisotopic (exact) mass is 239 g/mol. The number of benzene rings is 1. The predicted octanol–water partition coefficient (Wildman–Crippen LogP) is 1.71. The second kappa shape index (κ2) is 6.28. The third kappa shape index (κ3) is 3.35. The number of likely N-dealkylation sites (N-methyl/N-ethyl adjacent to an activating group) is 1. The molecule has 1 aromatic carbocycles. The highest BCUT2D eigenvalue weighted by molar-refractivity contribution is 6.27. The summed E-state index contributed by atoms with van der Waals surface area (Å²) in [6, 6.07) is 9.23. The van der Waals surface area contributed by atoms with Crippen molar-refractivity contribution >= 4 is 23.3 Å². The van der Waals surface area contributed by atoms with E-state index >= 15 is 0 Å². The Morgan fingerprint density at radius 2 is 1.94 bits per heavy atom. The highest BCUT2D eigenvalue weighted by Gasteiger charge is 2.21. The molecule has 0 saturated heterocycles. The maximum absolute atomic E-state index is 11.7. The molecule has 1 aromatic rings. The lowest BCUT2D eigenvalue weighted by atomic mass is 9.93. The zero-order chi connectivity index (χ0) is 12.0. The molecular weight excluding hydrogens is 226 g/mol. The van der Waals surface area contributed by atoms with Crippen LogP contribution in [0.4, 0.5) is 0 Å². The standard InChI is InChI=1S/C12H14ClNO2/c1-14-12(16)11(7-10(15)8-13)9-5-3-2-4-6-9/h2-6,11H,7-8H2,1H3,(H,14,16). The first-order valence-corrected chi connectivity index (χ1v) is 5.56. The molecule has 0 radical (unpaired) electrons. The van der Waals surface area contributed by atoms with E-state index in [1.54, 1.807) is 7.05 Å². The van der Waals surface area contributed by atoms with Crippen molar-refractivity contribution < 1.29 is 9.59 Å². The Kier molecular flexibility index (Phi) is 4.99. The molecule has 1 N–H and O–H groups in total. The number of rotatable bonds is 5. The summed E-state index contributed by atoms with van der Waals surface area (Å²) in [6.45, 7) is 0. The van der Waals surface area contributed by atoms with Crippen LogP contribution in [0.15, 0.2) is 30.3 Å². The Labute approximate surface area is 99.8 Å². The molecule has 86 valence electrons. The third-order valence-corrected chi connectivity index (χ3v) is 2.64. The van der Waals surface area contributed by atoms with Gasteiger partial charge in [-0.3, -0.25) is 9.59 Å². The average Bonchev–Trinajstić information content (AvgIpc) is 2.35. The predicted molar refractivity (Wildman–Crippen MR) is 63.6 cm³/mol. The minimum absolute atomic E-state index is 0.0552. The normalized spacial score (nSPS) is 11.9. The number of amides is 1. The lowest BCUT2D eigenvalue weighted by molar-refractivity contribution is -0.125. The van der Waals surface area contributed by atoms with E-state index < -0.39 is 5.92 Å². The second-order valence-electron chi connectivity index (χ2n) is 3.45. The number of carbonyl (C=O) groups is 2. The minimum Gasteiger partial charge on any atom is -0.359 e. The lowest BCUT2D eigenvalue weighted by Crippen LogP contribution is -2.27. The molecule has 1 amide bonds. The fourth-order valence-corrected chi connectivity index (χ4v) is 1.61. The number of ketones is 1. The van der Waals surface area contributed by atoms with E-state index in [9.17, 15) is 9.59 Å². The van der Waals surface area contributed by atoms with Gasteiger partial charge in [0.05, 0.1) is 11.8 Å². The van der Waals surface area contributed by atoms with Gasteiger partial charge in [0, 0.05) is 13.5 Å². The molecule has 0 aliphatic heterocycles. The van der Waals surface area contributed by atoms with Crippen LogP contribution in [0.2, 0.25) is 0 Å². The van der Waals surface area contributed by atoms with Crippen LogP contribution in [0.25, 0.3) is 0 Å². The van der Waals surface area contributed by atoms with E-state index in [-0.39, 0.29) is 24.0 Å². The molecule has 0 bridgehead atoms. The fraction of sp³-hybridized carbons (Fsp3) is 0.333. The van der Waals surface area contributed by atoms with Crippen LogP contribution in [0.5, 0.6) is 0 Å². The van der Waals surface area contributed by atoms with Crippen molar-refractivity contribution in [2.24, 2.45) is 0 Å². The van der Waals surface area contributed by atoms with Crippen molar-refractivity contribution in [1.29, 1.82) is 0 Å². The second-order valence-corrected chi connectivity index (χ2v) is 3.72. The highest BCUT2D eigenvalue weighted by Crippen LogP contribution is 2.20. The SMILES string of the molecule is CNC(=O)C(CC(=O)CCl)c1ccccc1. The van der Waals surface area contributed by atoms with Gasteiger partial charge < -0.3 is 5.32 Å². The highest BCUT2D eigenvalue weighted by atomic mass is 35.5. The summed E-state index contributed by atoms with van der Waals surface area (Å²) in [6.07, 6.45) is 0.146. The van der Waals surface area contributed by atoms with Crippen molar-refractivity contribution in [3.63, 3.8) is 0 Å². The lowest BCUT2D eigenvalue weighted by Gasteiger charge is -2.14. The van der Waals surface area contributed by atoms with Gasteiger partial charge in [-0.2, -0.15) is 0 Å². The summed E-state index contributed by atoms with van der Waals surface area (Å²) in [7, 11) is 1.56. The van der Waals surface area contributed by atoms with Crippen LogP contribution in [-0.2, 0) is 9.59 Å². The van der Waals surface area contributed by atoms with Crippen LogP contribution < -0.4 is 5.32 Å². The Balaban J connectivity index is 2.88. The summed E-state index contributed by atoms with van der Waals surface area (Å²) in [5.74, 6) is -0.790. The van der Waals surface area contributed by atoms with E-state index in [0.29, 0.717) is 0 Å². The van der Waals surface area contributed by atoms with Gasteiger partial charge >= 0.3 is 0 Å². The maximum atomic E-state index is 11.7. The van der Waals surface area contributed by atoms with Crippen LogP contribution in [0.1, 0.15) is 17.9 Å². The molecule has 0 fully saturated rings. The van der Waals surface area contributed by atoms with Gasteiger partial charge in [0.2, 0.25) is 5.91 Å². The summed E-state index contributed by atoms with van der Waals surface area (Å²) in [5, 5.41) is 2.56. The molecule has 0 aliphatic carbocycles. The molecule has 16 heavy (non-hydrogen) atoms. The van der Waals surface area contributed by atoms with E-state index in [0.717, 1.165) is 5.56 Å². The quantitative estimate of drug-likeness (QED) is 0.796. The molecule has 1 rings (SSSR count). The van der Waals surface area contributed by atoms with Crippen molar-refractivity contribution in [2.45, 2.75) is 12.3 Å². The number of carbonyl (C=O) groups excluding carboxylic acids is 2. The Hall–Kier alpha value is -1.35. The van der Waals surface area contributed by atoms with Gasteiger partial charge in [-0.25, -0.2) is 0 Å². The summed E-state index contributed by atoms with van der Waals surface area (Å²) >= 11 is 5.45. The van der Waals surface area contributed by atoms with Crippen molar-refractivity contribution in [1.82, 2.24) is 5.32 Å². The molecular formula is C12H14ClNO2. The Morgan fingerprint density at radius 3 is 2.44 bits per heavy atom. The molecule has 0 aromatic heterocycles. The van der Waals surface area contributed by atoms with Gasteiger partial charge in [-0.1, -0.05) is 30.3 Å². The van der Waals surface area contributed by atoms with E-state index in [2.05, 4.69) is 5.32 Å². The number of alkyl halides is 1. The third-order valence-electron chi connectivity index (χ3n) is 2.35. The molecule has 0 aliphatic rings. The average molecular weight is 240 g/mol. The first-order chi connectivity index (χ1) is 7.69. The molecule has 4 heteroatoms. The number of halogens is 1. The molecule has 3 nitrogen and oxygen atoms in total. The van der Waals surface area contributed by atoms with Gasteiger partial charge in [0.1, 0.15) is 5.78 Å². The first kappa shape index (κ1) is 12.7. The van der Waals surface area contributed by atoms with Crippen molar-refractivity contribution in [3.8, 4) is 0 Å². The van der Waals surface area contributed by atoms with Gasteiger partial charge in [-0.05, 0) is 5.56 Å². The summed E-state index contributed by atoms with van der Waals surface area (Å²) in [5.41, 5.74) is 0.834. The first-order valence-electron chi connectivity index (χ1n) is 5.03. The zero-order valence-corrected chi connectivity index (χ0v) is 9.83. The van der Waals surface area contributed by atoms with Crippen LogP contribution in [-0.4, -0.2) is 24.6 Å². The topological polar surface area (TPSA) is 46.2 Å². The summed E-state index contributed by atoms with van der Waals surface area (Å²) < 4.78 is 0. The van der Waals surface area contributed by atoms with Crippen LogP contribution in [0, 0.1) is 0 Å². The molecule has 0 heterocycles. The van der Waals surface area contributed by atoms with Crippen molar-refractivity contribution in [3.05, 3.63) is 35.9 Å². The fourth-order valence-electron chi connectivity index (χ4n) is 1.50. The number of nitrogens with one attached hydrogen (secondary N) is 1. The molecule has 0 saturated carbocycles. The Bertz CT molecular complexity index is 365. The molecule has 1 atom stereocenters. The van der Waals surface area contributed by atoms with E-state index in [1.807, 2.05) is 30.3 Å².